The number of carboxylic acid groups (broad SMARTS) is 1. The number of aliphatic carboxylic acids is 1. The molecule has 1 aliphatic carbocycles. The number of carboxylic acids is 1. The first kappa shape index (κ1) is 17.3. The second-order valence-corrected chi connectivity index (χ2v) is 7.62. The number of amides is 1. The van der Waals surface area contributed by atoms with E-state index in [4.69, 9.17) is 4.74 Å². The second kappa shape index (κ2) is 6.91. The van der Waals surface area contributed by atoms with Crippen molar-refractivity contribution >= 4 is 11.9 Å². The van der Waals surface area contributed by atoms with Crippen molar-refractivity contribution in [2.24, 2.45) is 0 Å². The number of benzene rings is 1. The van der Waals surface area contributed by atoms with Crippen molar-refractivity contribution in [2.45, 2.75) is 63.2 Å². The number of likely N-dealkylation sites (tertiary alicyclic amines) is 1. The Hall–Kier alpha value is -2.08. The Bertz CT molecular complexity index is 716. The molecule has 1 saturated carbocycles. The van der Waals surface area contributed by atoms with Crippen molar-refractivity contribution < 1.29 is 19.4 Å². The van der Waals surface area contributed by atoms with Gasteiger partial charge in [-0.2, -0.15) is 0 Å². The average molecular weight is 358 g/mol. The van der Waals surface area contributed by atoms with Gasteiger partial charge in [0.05, 0.1) is 13.2 Å². The smallest absolute Gasteiger partial charge is 0.320 e. The Balaban J connectivity index is 1.53. The van der Waals surface area contributed by atoms with Gasteiger partial charge in [-0.25, -0.2) is 0 Å². The topological polar surface area (TPSA) is 70.1 Å². The van der Waals surface area contributed by atoms with Crippen LogP contribution in [0.25, 0.3) is 0 Å². The van der Waals surface area contributed by atoms with Crippen LogP contribution in [0.5, 0.6) is 5.75 Å². The van der Waals surface area contributed by atoms with Crippen LogP contribution >= 0.6 is 0 Å². The fourth-order valence-electron chi connectivity index (χ4n) is 4.47. The predicted molar refractivity (Wildman–Crippen MR) is 96.0 cm³/mol. The van der Waals surface area contributed by atoms with E-state index < -0.39 is 12.0 Å². The number of rotatable bonds is 4. The van der Waals surface area contributed by atoms with Gasteiger partial charge in [0, 0.05) is 19.1 Å². The summed E-state index contributed by atoms with van der Waals surface area (Å²) in [5.74, 6) is 0.161. The Labute approximate surface area is 153 Å². The predicted octanol–water partition coefficient (Wildman–Crippen LogP) is 2.05. The third kappa shape index (κ3) is 3.18. The van der Waals surface area contributed by atoms with Gasteiger partial charge in [-0.3, -0.25) is 14.5 Å². The highest BCUT2D eigenvalue weighted by Crippen LogP contribution is 2.38. The summed E-state index contributed by atoms with van der Waals surface area (Å²) >= 11 is 0. The van der Waals surface area contributed by atoms with Crippen molar-refractivity contribution in [3.05, 3.63) is 29.3 Å². The Morgan fingerprint density at radius 2 is 1.88 bits per heavy atom. The lowest BCUT2D eigenvalue weighted by Gasteiger charge is -2.31. The van der Waals surface area contributed by atoms with Crippen LogP contribution in [-0.4, -0.2) is 58.6 Å². The second-order valence-electron chi connectivity index (χ2n) is 7.62. The molecule has 0 aromatic heterocycles. The summed E-state index contributed by atoms with van der Waals surface area (Å²) in [7, 11) is 1.67. The highest BCUT2D eigenvalue weighted by Gasteiger charge is 2.49. The molecule has 2 fully saturated rings. The maximum atomic E-state index is 13.3. The lowest BCUT2D eigenvalue weighted by molar-refractivity contribution is -0.145. The third-order valence-corrected chi connectivity index (χ3v) is 5.93. The van der Waals surface area contributed by atoms with E-state index in [1.807, 2.05) is 21.9 Å². The van der Waals surface area contributed by atoms with Crippen LogP contribution in [0.2, 0.25) is 0 Å². The average Bonchev–Trinajstić information content (AvgIpc) is 3.42. The highest BCUT2D eigenvalue weighted by molar-refractivity contribution is 5.84. The number of nitrogens with zero attached hydrogens (tertiary/aromatic N) is 2. The van der Waals surface area contributed by atoms with Gasteiger partial charge in [-0.05, 0) is 61.8 Å². The highest BCUT2D eigenvalue weighted by atomic mass is 16.5. The number of carbonyl (C=O) groups is 2. The molecule has 0 radical (unpaired) electrons. The molecule has 0 bridgehead atoms. The number of hydrogen-bond acceptors (Lipinski definition) is 4. The van der Waals surface area contributed by atoms with Gasteiger partial charge in [0.1, 0.15) is 11.8 Å². The number of fused-ring (bicyclic) bond motifs is 1. The first-order valence-corrected chi connectivity index (χ1v) is 9.53. The fraction of sp³-hybridized carbons (Fsp3) is 0.600. The van der Waals surface area contributed by atoms with Gasteiger partial charge >= 0.3 is 5.97 Å². The van der Waals surface area contributed by atoms with Gasteiger partial charge in [0.15, 0.2) is 0 Å². The Morgan fingerprint density at radius 3 is 2.58 bits per heavy atom. The van der Waals surface area contributed by atoms with E-state index in [2.05, 4.69) is 6.07 Å². The molecular weight excluding hydrogens is 332 g/mol. The molecule has 4 rings (SSSR count). The SMILES string of the molecule is COc1ccc2c(c1)CCCN(C(=O)C1CCC(C(=O)O)N1C1CC1)C2. The Kier molecular flexibility index (Phi) is 4.61. The zero-order chi connectivity index (χ0) is 18.3. The molecule has 1 saturated heterocycles. The van der Waals surface area contributed by atoms with E-state index in [1.165, 1.54) is 11.1 Å². The summed E-state index contributed by atoms with van der Waals surface area (Å²) < 4.78 is 5.32. The van der Waals surface area contributed by atoms with Gasteiger partial charge < -0.3 is 14.7 Å². The minimum atomic E-state index is -0.791. The van der Waals surface area contributed by atoms with E-state index in [0.717, 1.165) is 38.0 Å². The molecule has 1 aromatic rings. The molecular formula is C20H26N2O4. The molecule has 26 heavy (non-hydrogen) atoms. The van der Waals surface area contributed by atoms with Crippen LogP contribution in [0.1, 0.15) is 43.2 Å². The van der Waals surface area contributed by atoms with Crippen LogP contribution in [-0.2, 0) is 22.6 Å². The van der Waals surface area contributed by atoms with E-state index in [9.17, 15) is 14.7 Å². The molecule has 1 N–H and O–H groups in total. The van der Waals surface area contributed by atoms with Crippen molar-refractivity contribution in [2.75, 3.05) is 13.7 Å². The Morgan fingerprint density at radius 1 is 1.12 bits per heavy atom. The summed E-state index contributed by atoms with van der Waals surface area (Å²) in [6, 6.07) is 5.56. The fourth-order valence-corrected chi connectivity index (χ4v) is 4.47. The molecule has 3 aliphatic rings. The number of hydrogen-bond donors (Lipinski definition) is 1. The summed E-state index contributed by atoms with van der Waals surface area (Å²) in [5.41, 5.74) is 2.41. The van der Waals surface area contributed by atoms with Crippen LogP contribution in [0.4, 0.5) is 0 Å². The molecule has 1 amide bonds. The lowest BCUT2D eigenvalue weighted by atomic mass is 10.0. The van der Waals surface area contributed by atoms with Crippen LogP contribution in [0, 0.1) is 0 Å². The maximum absolute atomic E-state index is 13.3. The van der Waals surface area contributed by atoms with E-state index in [1.54, 1.807) is 7.11 Å². The molecule has 2 heterocycles. The molecule has 2 atom stereocenters. The van der Waals surface area contributed by atoms with Gasteiger partial charge in [0.2, 0.25) is 5.91 Å². The van der Waals surface area contributed by atoms with Crippen LogP contribution in [0.3, 0.4) is 0 Å². The molecule has 6 heteroatoms. The number of carbonyl (C=O) groups excluding carboxylic acids is 1. The van der Waals surface area contributed by atoms with Crippen molar-refractivity contribution in [1.29, 1.82) is 0 Å². The van der Waals surface area contributed by atoms with Crippen molar-refractivity contribution in [3.8, 4) is 5.75 Å². The molecule has 6 nitrogen and oxygen atoms in total. The van der Waals surface area contributed by atoms with Crippen molar-refractivity contribution in [1.82, 2.24) is 9.80 Å². The quantitative estimate of drug-likeness (QED) is 0.892. The number of aryl methyl sites for hydroxylation is 1. The molecule has 2 unspecified atom stereocenters. The summed E-state index contributed by atoms with van der Waals surface area (Å²) in [6.07, 6.45) is 5.10. The summed E-state index contributed by atoms with van der Waals surface area (Å²) in [4.78, 5) is 28.8. The van der Waals surface area contributed by atoms with Crippen LogP contribution in [0.15, 0.2) is 18.2 Å². The first-order chi connectivity index (χ1) is 12.6. The van der Waals surface area contributed by atoms with Crippen LogP contribution < -0.4 is 4.74 Å². The minimum absolute atomic E-state index is 0.101. The maximum Gasteiger partial charge on any atom is 0.320 e. The van der Waals surface area contributed by atoms with Gasteiger partial charge in [-0.1, -0.05) is 6.07 Å². The van der Waals surface area contributed by atoms with E-state index in [0.29, 0.717) is 19.4 Å². The normalized spacial score (nSPS) is 26.3. The van der Waals surface area contributed by atoms with Gasteiger partial charge in [0.25, 0.3) is 0 Å². The third-order valence-electron chi connectivity index (χ3n) is 5.93. The lowest BCUT2D eigenvalue weighted by Crippen LogP contribution is -2.50. The first-order valence-electron chi connectivity index (χ1n) is 9.53. The summed E-state index contributed by atoms with van der Waals surface area (Å²) in [6.45, 7) is 1.33. The summed E-state index contributed by atoms with van der Waals surface area (Å²) in [5, 5.41) is 9.52. The zero-order valence-electron chi connectivity index (χ0n) is 15.2. The molecule has 1 aromatic carbocycles. The standard InChI is InChI=1S/C20H26N2O4/c1-26-16-7-4-14-12-21(10-2-3-13(14)11-16)19(23)17-8-9-18(20(24)25)22(17)15-5-6-15/h4,7,11,15,17-18H,2-3,5-6,8-10,12H2,1H3,(H,24,25). The molecule has 140 valence electrons. The zero-order valence-corrected chi connectivity index (χ0v) is 15.2. The number of ether oxygens (including phenoxy) is 1. The number of methoxy groups -OCH3 is 1. The van der Waals surface area contributed by atoms with E-state index in [-0.39, 0.29) is 18.0 Å². The van der Waals surface area contributed by atoms with Gasteiger partial charge in [-0.15, -0.1) is 0 Å². The molecule has 0 spiro atoms. The largest absolute Gasteiger partial charge is 0.497 e. The molecule has 2 aliphatic heterocycles. The minimum Gasteiger partial charge on any atom is -0.497 e. The van der Waals surface area contributed by atoms with Crippen molar-refractivity contribution in [3.63, 3.8) is 0 Å². The van der Waals surface area contributed by atoms with E-state index >= 15 is 0 Å². The monoisotopic (exact) mass is 358 g/mol.